The highest BCUT2D eigenvalue weighted by molar-refractivity contribution is 6.36. The van der Waals surface area contributed by atoms with Crippen molar-refractivity contribution in [3.05, 3.63) is 64.0 Å². The van der Waals surface area contributed by atoms with Crippen molar-refractivity contribution in [1.29, 1.82) is 0 Å². The summed E-state index contributed by atoms with van der Waals surface area (Å²) in [6.45, 7) is 7.51. The van der Waals surface area contributed by atoms with E-state index in [0.29, 0.717) is 21.2 Å². The van der Waals surface area contributed by atoms with E-state index in [-0.39, 0.29) is 6.10 Å². The minimum Gasteiger partial charge on any atom is -0.486 e. The number of benzene rings is 1. The lowest BCUT2D eigenvalue weighted by atomic mass is 9.78. The van der Waals surface area contributed by atoms with Crippen LogP contribution in [0.25, 0.3) is 22.2 Å². The topological polar surface area (TPSA) is 76.2 Å². The zero-order chi connectivity index (χ0) is 23.4. The van der Waals surface area contributed by atoms with Gasteiger partial charge in [-0.15, -0.1) is 0 Å². The van der Waals surface area contributed by atoms with Crippen molar-refractivity contribution in [1.82, 2.24) is 20.2 Å². The van der Waals surface area contributed by atoms with Crippen LogP contribution in [-0.4, -0.2) is 46.5 Å². The highest BCUT2D eigenvalue weighted by Gasteiger charge is 2.49. The van der Waals surface area contributed by atoms with Crippen molar-refractivity contribution >= 4 is 39.9 Å². The van der Waals surface area contributed by atoms with Gasteiger partial charge in [-0.2, -0.15) is 5.10 Å². The third-order valence-corrected chi connectivity index (χ3v) is 7.43. The van der Waals surface area contributed by atoms with E-state index in [1.54, 1.807) is 6.20 Å². The van der Waals surface area contributed by atoms with Crippen LogP contribution in [0.1, 0.15) is 24.3 Å². The number of aromatic amines is 1. The smallest absolute Gasteiger partial charge is 0.128 e. The Balaban J connectivity index is 1.24. The Morgan fingerprint density at radius 2 is 1.94 bits per heavy atom. The maximum atomic E-state index is 6.46. The first-order chi connectivity index (χ1) is 16.4. The second kappa shape index (κ2) is 8.12. The van der Waals surface area contributed by atoms with E-state index in [9.17, 15) is 0 Å². The summed E-state index contributed by atoms with van der Waals surface area (Å²) in [5.74, 6) is 1.68. The molecule has 9 heteroatoms. The van der Waals surface area contributed by atoms with Crippen LogP contribution in [0.2, 0.25) is 10.0 Å². The molecular formula is C25H23Cl2N5O2. The van der Waals surface area contributed by atoms with Crippen molar-refractivity contribution in [2.24, 2.45) is 5.41 Å². The average molecular weight is 496 g/mol. The summed E-state index contributed by atoms with van der Waals surface area (Å²) in [4.78, 5) is 11.2. The Morgan fingerprint density at radius 1 is 1.12 bits per heavy atom. The molecule has 2 fully saturated rings. The summed E-state index contributed by atoms with van der Waals surface area (Å²) in [6, 6.07) is 9.96. The molecule has 7 nitrogen and oxygen atoms in total. The van der Waals surface area contributed by atoms with Gasteiger partial charge in [0.15, 0.2) is 0 Å². The minimum atomic E-state index is -0.351. The second-order valence-corrected chi connectivity index (χ2v) is 10.00. The van der Waals surface area contributed by atoms with Crippen molar-refractivity contribution in [2.45, 2.75) is 20.0 Å². The number of pyridine rings is 2. The average Bonchev–Trinajstić information content (AvgIpc) is 3.18. The lowest BCUT2D eigenvalue weighted by molar-refractivity contribution is -0.127. The molecule has 1 aromatic carbocycles. The Bertz CT molecular complexity index is 1380. The summed E-state index contributed by atoms with van der Waals surface area (Å²) in [5, 5.41) is 9.60. The van der Waals surface area contributed by atoms with Gasteiger partial charge in [0.1, 0.15) is 23.4 Å². The number of halogens is 2. The van der Waals surface area contributed by atoms with E-state index in [1.807, 2.05) is 38.2 Å². The minimum absolute atomic E-state index is 0.351. The number of rotatable bonds is 5. The molecule has 0 radical (unpaired) electrons. The summed E-state index contributed by atoms with van der Waals surface area (Å²) in [6.07, 6.45) is 3.13. The van der Waals surface area contributed by atoms with Gasteiger partial charge in [-0.1, -0.05) is 23.2 Å². The Kier molecular flexibility index (Phi) is 5.17. The van der Waals surface area contributed by atoms with Gasteiger partial charge in [0.2, 0.25) is 0 Å². The molecule has 0 bridgehead atoms. The fourth-order valence-electron chi connectivity index (χ4n) is 4.71. The molecule has 34 heavy (non-hydrogen) atoms. The van der Waals surface area contributed by atoms with Gasteiger partial charge in [-0.05, 0) is 44.2 Å². The maximum absolute atomic E-state index is 6.46. The molecule has 0 aliphatic carbocycles. The van der Waals surface area contributed by atoms with Gasteiger partial charge in [0.05, 0.1) is 39.9 Å². The quantitative estimate of drug-likeness (QED) is 0.387. The van der Waals surface area contributed by atoms with Crippen LogP contribution in [0.4, 0.5) is 5.82 Å². The number of nitrogens with zero attached hydrogens (tertiary/aromatic N) is 4. The highest BCUT2D eigenvalue weighted by atomic mass is 35.5. The van der Waals surface area contributed by atoms with Gasteiger partial charge >= 0.3 is 0 Å². The molecule has 2 aliphatic rings. The Hall–Kier alpha value is -2.87. The number of fused-ring (bicyclic) bond motifs is 1. The first kappa shape index (κ1) is 21.6. The van der Waals surface area contributed by atoms with Crippen LogP contribution in [0.15, 0.2) is 42.7 Å². The number of aromatic nitrogens is 4. The molecule has 6 rings (SSSR count). The predicted octanol–water partition coefficient (Wildman–Crippen LogP) is 5.61. The van der Waals surface area contributed by atoms with Gasteiger partial charge in [-0.25, -0.2) is 4.98 Å². The molecule has 1 spiro atoms. The zero-order valence-electron chi connectivity index (χ0n) is 18.8. The standard InChI is InChI=1S/C25H23Cl2N5O2/c1-14-23(27)22(19(26)9-28-14)15(2)34-17-4-5-20-18(7-17)24(31-30-20)16-3-6-21(29-8-16)32-10-25(11-32)12-33-13-25/h3-9,15H,10-13H2,1-2H3,(H,30,31). The Morgan fingerprint density at radius 3 is 2.65 bits per heavy atom. The second-order valence-electron chi connectivity index (χ2n) is 9.21. The van der Waals surface area contributed by atoms with E-state index in [2.05, 4.69) is 32.2 Å². The van der Waals surface area contributed by atoms with Gasteiger partial charge in [-0.3, -0.25) is 10.1 Å². The van der Waals surface area contributed by atoms with Crippen molar-refractivity contribution < 1.29 is 9.47 Å². The predicted molar refractivity (Wildman–Crippen MR) is 133 cm³/mol. The van der Waals surface area contributed by atoms with Crippen LogP contribution in [-0.2, 0) is 4.74 Å². The van der Waals surface area contributed by atoms with E-state index < -0.39 is 0 Å². The number of hydrogen-bond donors (Lipinski definition) is 1. The van der Waals surface area contributed by atoms with Gasteiger partial charge in [0.25, 0.3) is 0 Å². The summed E-state index contributed by atoms with van der Waals surface area (Å²) >= 11 is 12.8. The van der Waals surface area contributed by atoms with Crippen LogP contribution < -0.4 is 9.64 Å². The number of H-pyrrole nitrogens is 1. The summed E-state index contributed by atoms with van der Waals surface area (Å²) in [7, 11) is 0. The van der Waals surface area contributed by atoms with E-state index in [1.165, 1.54) is 0 Å². The first-order valence-corrected chi connectivity index (χ1v) is 11.9. The highest BCUT2D eigenvalue weighted by Crippen LogP contribution is 2.40. The number of nitrogens with one attached hydrogen (secondary N) is 1. The summed E-state index contributed by atoms with van der Waals surface area (Å²) < 4.78 is 11.6. The third-order valence-electron chi connectivity index (χ3n) is 6.65. The largest absolute Gasteiger partial charge is 0.486 e. The molecule has 174 valence electrons. The number of anilines is 1. The SMILES string of the molecule is Cc1ncc(Cl)c(C(C)Oc2ccc3[nH]nc(-c4ccc(N5CC6(COC6)C5)nc4)c3c2)c1Cl. The first-order valence-electron chi connectivity index (χ1n) is 11.2. The van der Waals surface area contributed by atoms with Crippen molar-refractivity contribution in [2.75, 3.05) is 31.2 Å². The molecular weight excluding hydrogens is 473 g/mol. The fraction of sp³-hybridized carbons (Fsp3) is 0.320. The third kappa shape index (κ3) is 3.59. The fourth-order valence-corrected chi connectivity index (χ4v) is 5.36. The van der Waals surface area contributed by atoms with Crippen LogP contribution in [0, 0.1) is 12.3 Å². The maximum Gasteiger partial charge on any atom is 0.128 e. The summed E-state index contributed by atoms with van der Waals surface area (Å²) in [5.41, 5.74) is 4.49. The molecule has 1 unspecified atom stereocenters. The molecule has 3 aromatic heterocycles. The molecule has 1 N–H and O–H groups in total. The van der Waals surface area contributed by atoms with E-state index in [4.69, 9.17) is 37.7 Å². The molecule has 1 atom stereocenters. The van der Waals surface area contributed by atoms with Crippen LogP contribution in [0.3, 0.4) is 0 Å². The molecule has 4 aromatic rings. The van der Waals surface area contributed by atoms with Crippen LogP contribution >= 0.6 is 23.2 Å². The van der Waals surface area contributed by atoms with Crippen molar-refractivity contribution in [3.8, 4) is 17.0 Å². The number of aryl methyl sites for hydroxylation is 1. The molecule has 0 amide bonds. The van der Waals surface area contributed by atoms with Crippen LogP contribution in [0.5, 0.6) is 5.75 Å². The van der Waals surface area contributed by atoms with E-state index in [0.717, 1.165) is 65.5 Å². The monoisotopic (exact) mass is 495 g/mol. The zero-order valence-corrected chi connectivity index (χ0v) is 20.3. The molecule has 0 saturated carbocycles. The number of ether oxygens (including phenoxy) is 2. The molecule has 2 aliphatic heterocycles. The lowest BCUT2D eigenvalue weighted by Crippen LogP contribution is -2.66. The van der Waals surface area contributed by atoms with Gasteiger partial charge < -0.3 is 14.4 Å². The van der Waals surface area contributed by atoms with E-state index >= 15 is 0 Å². The van der Waals surface area contributed by atoms with Gasteiger partial charge in [0, 0.05) is 42.0 Å². The van der Waals surface area contributed by atoms with Crippen molar-refractivity contribution in [3.63, 3.8) is 0 Å². The molecule has 2 saturated heterocycles. The molecule has 5 heterocycles. The number of hydrogen-bond acceptors (Lipinski definition) is 6. The Labute approximate surface area is 207 Å². The normalized spacial score (nSPS) is 17.5. The lowest BCUT2D eigenvalue weighted by Gasteiger charge is -2.55.